The summed E-state index contributed by atoms with van der Waals surface area (Å²) in [6, 6.07) is 5.04. The minimum Gasteiger partial charge on any atom is -0.478 e. The highest BCUT2D eigenvalue weighted by molar-refractivity contribution is 7.10. The molecule has 0 saturated carbocycles. The van der Waals surface area contributed by atoms with E-state index >= 15 is 0 Å². The second-order valence-corrected chi connectivity index (χ2v) is 4.99. The maximum Gasteiger partial charge on any atom is 0.336 e. The number of carboxylic acids is 1. The second kappa shape index (κ2) is 5.06. The van der Waals surface area contributed by atoms with Gasteiger partial charge >= 0.3 is 5.97 Å². The number of aliphatic hydroxyl groups excluding tert-OH is 1. The number of halogens is 2. The average molecular weight is 287 g/mol. The van der Waals surface area contributed by atoms with Gasteiger partial charge in [0, 0.05) is 5.02 Å². The summed E-state index contributed by atoms with van der Waals surface area (Å²) >= 11 is 6.79. The van der Waals surface area contributed by atoms with Crippen molar-refractivity contribution in [1.82, 2.24) is 0 Å². The zero-order valence-corrected chi connectivity index (χ0v) is 10.5. The van der Waals surface area contributed by atoms with Gasteiger partial charge in [0.15, 0.2) is 0 Å². The maximum atomic E-state index is 13.2. The Kier molecular flexibility index (Phi) is 3.65. The van der Waals surface area contributed by atoms with E-state index in [2.05, 4.69) is 0 Å². The Morgan fingerprint density at radius 1 is 1.39 bits per heavy atom. The van der Waals surface area contributed by atoms with Crippen LogP contribution in [0.3, 0.4) is 0 Å². The van der Waals surface area contributed by atoms with Gasteiger partial charge in [-0.25, -0.2) is 9.18 Å². The fraction of sp³-hybridized carbons (Fsp3) is 0.0833. The molecular weight excluding hydrogens is 279 g/mol. The van der Waals surface area contributed by atoms with E-state index in [0.717, 1.165) is 23.5 Å². The minimum absolute atomic E-state index is 0.00730. The number of hydrogen-bond acceptors (Lipinski definition) is 3. The van der Waals surface area contributed by atoms with Crippen LogP contribution in [0.2, 0.25) is 5.02 Å². The Hall–Kier alpha value is -1.43. The van der Waals surface area contributed by atoms with Crippen LogP contribution in [0.5, 0.6) is 0 Å². The van der Waals surface area contributed by atoms with Gasteiger partial charge in [0.25, 0.3) is 0 Å². The summed E-state index contributed by atoms with van der Waals surface area (Å²) in [6.45, 7) is 0. The molecule has 94 valence electrons. The summed E-state index contributed by atoms with van der Waals surface area (Å²) in [4.78, 5) is 11.2. The molecule has 2 N–H and O–H groups in total. The maximum absolute atomic E-state index is 13.2. The number of rotatable bonds is 3. The lowest BCUT2D eigenvalue weighted by atomic mass is 10.1. The Balaban J connectivity index is 2.44. The molecule has 1 unspecified atom stereocenters. The van der Waals surface area contributed by atoms with Gasteiger partial charge < -0.3 is 10.2 Å². The van der Waals surface area contributed by atoms with Gasteiger partial charge in [0.1, 0.15) is 11.9 Å². The second-order valence-electron chi connectivity index (χ2n) is 3.61. The number of carbonyl (C=O) groups is 1. The molecule has 1 aromatic carbocycles. The van der Waals surface area contributed by atoms with Crippen LogP contribution in [0.4, 0.5) is 4.39 Å². The lowest BCUT2D eigenvalue weighted by Gasteiger charge is -2.11. The van der Waals surface area contributed by atoms with Gasteiger partial charge in [-0.1, -0.05) is 11.6 Å². The molecule has 0 saturated heterocycles. The van der Waals surface area contributed by atoms with E-state index in [1.54, 1.807) is 5.38 Å². The van der Waals surface area contributed by atoms with Crippen molar-refractivity contribution in [2.24, 2.45) is 0 Å². The quantitative estimate of drug-likeness (QED) is 0.910. The molecule has 1 atom stereocenters. The SMILES string of the molecule is O=C(O)c1ccsc1C(O)c1cc(F)cc(Cl)c1. The fourth-order valence-corrected chi connectivity index (χ4v) is 2.72. The number of benzene rings is 1. The number of hydrogen-bond donors (Lipinski definition) is 2. The van der Waals surface area contributed by atoms with Crippen LogP contribution in [0.1, 0.15) is 26.9 Å². The number of aliphatic hydroxyl groups is 1. The smallest absolute Gasteiger partial charge is 0.336 e. The van der Waals surface area contributed by atoms with E-state index in [0.29, 0.717) is 0 Å². The van der Waals surface area contributed by atoms with E-state index in [9.17, 15) is 14.3 Å². The molecule has 18 heavy (non-hydrogen) atoms. The topological polar surface area (TPSA) is 57.5 Å². The summed E-state index contributed by atoms with van der Waals surface area (Å²) in [5.41, 5.74) is 0.234. The third-order valence-corrected chi connectivity index (χ3v) is 3.56. The van der Waals surface area contributed by atoms with Crippen molar-refractivity contribution >= 4 is 28.9 Å². The summed E-state index contributed by atoms with van der Waals surface area (Å²) < 4.78 is 13.2. The molecule has 0 radical (unpaired) electrons. The van der Waals surface area contributed by atoms with Crippen molar-refractivity contribution in [3.63, 3.8) is 0 Å². The third-order valence-electron chi connectivity index (χ3n) is 2.37. The molecule has 0 aliphatic rings. The van der Waals surface area contributed by atoms with Gasteiger partial charge in [0.2, 0.25) is 0 Å². The summed E-state index contributed by atoms with van der Waals surface area (Å²) in [5, 5.41) is 20.7. The van der Waals surface area contributed by atoms with Crippen LogP contribution >= 0.6 is 22.9 Å². The first kappa shape index (κ1) is 13.0. The van der Waals surface area contributed by atoms with Gasteiger partial charge in [-0.2, -0.15) is 0 Å². The highest BCUT2D eigenvalue weighted by Gasteiger charge is 2.20. The first-order valence-electron chi connectivity index (χ1n) is 4.94. The molecule has 0 aliphatic carbocycles. The Bertz CT molecular complexity index is 577. The predicted octanol–water partition coefficient (Wildman–Crippen LogP) is 3.32. The van der Waals surface area contributed by atoms with Crippen molar-refractivity contribution in [3.8, 4) is 0 Å². The van der Waals surface area contributed by atoms with Crippen molar-refractivity contribution < 1.29 is 19.4 Å². The molecular formula is C12H8ClFO3S. The van der Waals surface area contributed by atoms with Gasteiger partial charge in [-0.3, -0.25) is 0 Å². The molecule has 0 amide bonds. The van der Waals surface area contributed by atoms with Crippen LogP contribution in [-0.2, 0) is 0 Å². The standard InChI is InChI=1S/C12H8ClFO3S/c13-7-3-6(4-8(14)5-7)10(15)11-9(12(16)17)1-2-18-11/h1-5,10,15H,(H,16,17). The molecule has 0 aliphatic heterocycles. The van der Waals surface area contributed by atoms with E-state index in [1.807, 2.05) is 0 Å². The van der Waals surface area contributed by atoms with Crippen molar-refractivity contribution in [2.45, 2.75) is 6.10 Å². The highest BCUT2D eigenvalue weighted by Crippen LogP contribution is 2.31. The van der Waals surface area contributed by atoms with E-state index in [1.165, 1.54) is 12.1 Å². The summed E-state index contributed by atoms with van der Waals surface area (Å²) in [5.74, 6) is -1.71. The Labute approximate surface area is 111 Å². The fourth-order valence-electron chi connectivity index (χ4n) is 1.59. The summed E-state index contributed by atoms with van der Waals surface area (Å²) in [7, 11) is 0. The van der Waals surface area contributed by atoms with Crippen molar-refractivity contribution in [2.75, 3.05) is 0 Å². The van der Waals surface area contributed by atoms with E-state index < -0.39 is 17.9 Å². The normalized spacial score (nSPS) is 12.4. The molecule has 0 bridgehead atoms. The lowest BCUT2D eigenvalue weighted by molar-refractivity contribution is 0.0692. The number of carboxylic acid groups (broad SMARTS) is 1. The molecule has 3 nitrogen and oxygen atoms in total. The molecule has 0 spiro atoms. The third kappa shape index (κ3) is 2.53. The first-order chi connectivity index (χ1) is 8.49. The van der Waals surface area contributed by atoms with Gasteiger partial charge in [0.05, 0.1) is 10.4 Å². The minimum atomic E-state index is -1.20. The average Bonchev–Trinajstić information content (AvgIpc) is 2.75. The first-order valence-corrected chi connectivity index (χ1v) is 6.19. The Morgan fingerprint density at radius 3 is 2.72 bits per heavy atom. The zero-order valence-electron chi connectivity index (χ0n) is 8.93. The largest absolute Gasteiger partial charge is 0.478 e. The van der Waals surface area contributed by atoms with Crippen LogP contribution < -0.4 is 0 Å². The zero-order chi connectivity index (χ0) is 13.3. The molecule has 1 heterocycles. The Morgan fingerprint density at radius 2 is 2.11 bits per heavy atom. The van der Waals surface area contributed by atoms with Crippen LogP contribution in [0.25, 0.3) is 0 Å². The molecule has 6 heteroatoms. The van der Waals surface area contributed by atoms with Crippen molar-refractivity contribution in [1.29, 1.82) is 0 Å². The monoisotopic (exact) mass is 286 g/mol. The highest BCUT2D eigenvalue weighted by atomic mass is 35.5. The van der Waals surface area contributed by atoms with Crippen LogP contribution in [0, 0.1) is 5.82 Å². The molecule has 2 aromatic rings. The molecule has 2 rings (SSSR count). The van der Waals surface area contributed by atoms with Crippen LogP contribution in [0.15, 0.2) is 29.6 Å². The molecule has 0 fully saturated rings. The van der Waals surface area contributed by atoms with E-state index in [4.69, 9.17) is 16.7 Å². The number of aromatic carboxylic acids is 1. The predicted molar refractivity (Wildman–Crippen MR) is 66.8 cm³/mol. The van der Waals surface area contributed by atoms with Gasteiger partial charge in [-0.05, 0) is 35.2 Å². The lowest BCUT2D eigenvalue weighted by Crippen LogP contribution is -2.05. The number of thiophene rings is 1. The summed E-state index contributed by atoms with van der Waals surface area (Å²) in [6.07, 6.45) is -1.20. The van der Waals surface area contributed by atoms with Crippen molar-refractivity contribution in [3.05, 3.63) is 56.5 Å². The van der Waals surface area contributed by atoms with Gasteiger partial charge in [-0.15, -0.1) is 11.3 Å². The van der Waals surface area contributed by atoms with E-state index in [-0.39, 0.29) is 21.0 Å². The van der Waals surface area contributed by atoms with Crippen LogP contribution in [-0.4, -0.2) is 16.2 Å². The molecule has 1 aromatic heterocycles.